The van der Waals surface area contributed by atoms with Crippen molar-refractivity contribution in [3.8, 4) is 0 Å². The van der Waals surface area contributed by atoms with Crippen LogP contribution >= 0.6 is 0 Å². The van der Waals surface area contributed by atoms with Gasteiger partial charge in [0.2, 0.25) is 0 Å². The Balaban J connectivity index is 2.81. The van der Waals surface area contributed by atoms with Crippen molar-refractivity contribution in [2.24, 2.45) is 0 Å². The zero-order valence-corrected chi connectivity index (χ0v) is 7.49. The maximum Gasteiger partial charge on any atom is 0.0708 e. The molecule has 0 amide bonds. The van der Waals surface area contributed by atoms with Gasteiger partial charge in [-0.25, -0.2) is 0 Å². The molecule has 0 aliphatic rings. The van der Waals surface area contributed by atoms with E-state index >= 15 is 0 Å². The summed E-state index contributed by atoms with van der Waals surface area (Å²) in [6.07, 6.45) is 1.77. The average Bonchev–Trinajstić information content (AvgIpc) is 2.16. The van der Waals surface area contributed by atoms with Gasteiger partial charge in [0, 0.05) is 11.6 Å². The number of aryl methyl sites for hydroxylation is 1. The van der Waals surface area contributed by atoms with Crippen molar-refractivity contribution >= 4 is 10.9 Å². The number of benzene rings is 1. The highest BCUT2D eigenvalue weighted by Gasteiger charge is 2.00. The van der Waals surface area contributed by atoms with Crippen molar-refractivity contribution in [1.82, 2.24) is 4.98 Å². The summed E-state index contributed by atoms with van der Waals surface area (Å²) in [6, 6.07) is 7.88. The minimum absolute atomic E-state index is 0.0733. The molecule has 66 valence electrons. The number of hydrogen-bond donors (Lipinski definition) is 1. The van der Waals surface area contributed by atoms with E-state index in [1.54, 1.807) is 6.20 Å². The molecule has 0 bridgehead atoms. The summed E-state index contributed by atoms with van der Waals surface area (Å²) < 4.78 is 0. The Kier molecular flexibility index (Phi) is 1.99. The summed E-state index contributed by atoms with van der Waals surface area (Å²) in [5.74, 6) is 0. The van der Waals surface area contributed by atoms with Gasteiger partial charge in [0.25, 0.3) is 0 Å². The molecular weight excluding hydrogens is 162 g/mol. The lowest BCUT2D eigenvalue weighted by molar-refractivity contribution is 0.283. The van der Waals surface area contributed by atoms with Crippen LogP contribution < -0.4 is 0 Å². The largest absolute Gasteiger partial charge is 0.392 e. The second-order valence-electron chi connectivity index (χ2n) is 3.15. The topological polar surface area (TPSA) is 33.1 Å². The summed E-state index contributed by atoms with van der Waals surface area (Å²) in [5.41, 5.74) is 3.03. The van der Waals surface area contributed by atoms with Gasteiger partial charge in [-0.1, -0.05) is 12.1 Å². The van der Waals surface area contributed by atoms with Crippen LogP contribution in [-0.2, 0) is 6.61 Å². The van der Waals surface area contributed by atoms with E-state index in [1.165, 1.54) is 0 Å². The van der Waals surface area contributed by atoms with Crippen LogP contribution in [0, 0.1) is 6.92 Å². The molecule has 1 heterocycles. The van der Waals surface area contributed by atoms with Gasteiger partial charge in [-0.05, 0) is 30.2 Å². The van der Waals surface area contributed by atoms with Crippen LogP contribution in [0.1, 0.15) is 11.1 Å². The van der Waals surface area contributed by atoms with Crippen LogP contribution in [0.5, 0.6) is 0 Å². The zero-order chi connectivity index (χ0) is 9.26. The van der Waals surface area contributed by atoms with E-state index < -0.39 is 0 Å². The molecule has 0 atom stereocenters. The first kappa shape index (κ1) is 8.20. The normalized spacial score (nSPS) is 10.6. The van der Waals surface area contributed by atoms with Gasteiger partial charge in [0.05, 0.1) is 12.1 Å². The molecule has 2 rings (SSSR count). The lowest BCUT2D eigenvalue weighted by Gasteiger charge is -2.04. The Hall–Kier alpha value is -1.41. The Labute approximate surface area is 76.9 Å². The molecule has 0 unspecified atom stereocenters. The van der Waals surface area contributed by atoms with Gasteiger partial charge >= 0.3 is 0 Å². The van der Waals surface area contributed by atoms with E-state index in [1.807, 2.05) is 31.2 Å². The molecule has 0 saturated heterocycles. The third kappa shape index (κ3) is 1.40. The van der Waals surface area contributed by atoms with Crippen LogP contribution in [0.3, 0.4) is 0 Å². The number of pyridine rings is 1. The zero-order valence-electron chi connectivity index (χ0n) is 7.49. The highest BCUT2D eigenvalue weighted by Crippen LogP contribution is 2.18. The van der Waals surface area contributed by atoms with Crippen molar-refractivity contribution in [1.29, 1.82) is 0 Å². The Morgan fingerprint density at radius 3 is 3.00 bits per heavy atom. The minimum atomic E-state index is 0.0733. The van der Waals surface area contributed by atoms with E-state index in [-0.39, 0.29) is 6.61 Å². The summed E-state index contributed by atoms with van der Waals surface area (Å²) in [5, 5.41) is 10.2. The van der Waals surface area contributed by atoms with Gasteiger partial charge in [0.15, 0.2) is 0 Å². The van der Waals surface area contributed by atoms with Crippen LogP contribution in [0.2, 0.25) is 0 Å². The monoisotopic (exact) mass is 173 g/mol. The van der Waals surface area contributed by atoms with Crippen molar-refractivity contribution in [3.63, 3.8) is 0 Å². The number of aliphatic hydroxyl groups is 1. The molecule has 0 spiro atoms. The van der Waals surface area contributed by atoms with E-state index in [4.69, 9.17) is 5.11 Å². The Morgan fingerprint density at radius 1 is 1.38 bits per heavy atom. The SMILES string of the molecule is Cc1cc(CO)c2cccnc2c1. The molecule has 0 saturated carbocycles. The summed E-state index contributed by atoms with van der Waals surface area (Å²) >= 11 is 0. The van der Waals surface area contributed by atoms with Crippen LogP contribution in [0.25, 0.3) is 10.9 Å². The number of rotatable bonds is 1. The van der Waals surface area contributed by atoms with Gasteiger partial charge < -0.3 is 5.11 Å². The molecule has 13 heavy (non-hydrogen) atoms. The molecule has 0 aliphatic carbocycles. The molecule has 1 N–H and O–H groups in total. The quantitative estimate of drug-likeness (QED) is 0.715. The smallest absolute Gasteiger partial charge is 0.0708 e. The van der Waals surface area contributed by atoms with Crippen molar-refractivity contribution in [2.45, 2.75) is 13.5 Å². The number of nitrogens with zero attached hydrogens (tertiary/aromatic N) is 1. The fraction of sp³-hybridized carbons (Fsp3) is 0.182. The van der Waals surface area contributed by atoms with Gasteiger partial charge in [0.1, 0.15) is 0 Å². The van der Waals surface area contributed by atoms with Crippen molar-refractivity contribution in [3.05, 3.63) is 41.6 Å². The van der Waals surface area contributed by atoms with Gasteiger partial charge in [-0.2, -0.15) is 0 Å². The van der Waals surface area contributed by atoms with Gasteiger partial charge in [-0.15, -0.1) is 0 Å². The molecule has 1 aromatic carbocycles. The summed E-state index contributed by atoms with van der Waals surface area (Å²) in [4.78, 5) is 4.24. The van der Waals surface area contributed by atoms with Crippen molar-refractivity contribution < 1.29 is 5.11 Å². The molecule has 0 aliphatic heterocycles. The molecular formula is C11H11NO. The first-order valence-electron chi connectivity index (χ1n) is 4.26. The van der Waals surface area contributed by atoms with Crippen molar-refractivity contribution in [2.75, 3.05) is 0 Å². The number of hydrogen-bond acceptors (Lipinski definition) is 2. The van der Waals surface area contributed by atoms with Crippen LogP contribution in [-0.4, -0.2) is 10.1 Å². The van der Waals surface area contributed by atoms with Gasteiger partial charge in [-0.3, -0.25) is 4.98 Å². The molecule has 2 nitrogen and oxygen atoms in total. The number of fused-ring (bicyclic) bond motifs is 1. The number of aliphatic hydroxyl groups excluding tert-OH is 1. The fourth-order valence-electron chi connectivity index (χ4n) is 1.54. The highest BCUT2D eigenvalue weighted by atomic mass is 16.3. The second kappa shape index (κ2) is 3.15. The average molecular weight is 173 g/mol. The lowest BCUT2D eigenvalue weighted by atomic mass is 10.1. The minimum Gasteiger partial charge on any atom is -0.392 e. The standard InChI is InChI=1S/C11H11NO/c1-8-5-9(7-13)10-3-2-4-12-11(10)6-8/h2-6,13H,7H2,1H3. The molecule has 2 heteroatoms. The second-order valence-corrected chi connectivity index (χ2v) is 3.15. The molecule has 0 radical (unpaired) electrons. The number of aromatic nitrogens is 1. The predicted octanol–water partition coefficient (Wildman–Crippen LogP) is 2.04. The Bertz CT molecular complexity index is 437. The highest BCUT2D eigenvalue weighted by molar-refractivity contribution is 5.82. The van der Waals surface area contributed by atoms with Crippen LogP contribution in [0.15, 0.2) is 30.5 Å². The lowest BCUT2D eigenvalue weighted by Crippen LogP contribution is -1.89. The van der Waals surface area contributed by atoms with E-state index in [9.17, 15) is 0 Å². The molecule has 2 aromatic rings. The Morgan fingerprint density at radius 2 is 2.23 bits per heavy atom. The van der Waals surface area contributed by atoms with E-state index in [0.717, 1.165) is 22.0 Å². The molecule has 0 fully saturated rings. The maximum absolute atomic E-state index is 9.13. The third-order valence-electron chi connectivity index (χ3n) is 2.12. The molecule has 1 aromatic heterocycles. The van der Waals surface area contributed by atoms with Crippen LogP contribution in [0.4, 0.5) is 0 Å². The summed E-state index contributed by atoms with van der Waals surface area (Å²) in [7, 11) is 0. The predicted molar refractivity (Wildman–Crippen MR) is 52.4 cm³/mol. The van der Waals surface area contributed by atoms with E-state index in [2.05, 4.69) is 4.98 Å². The first-order valence-corrected chi connectivity index (χ1v) is 4.26. The first-order chi connectivity index (χ1) is 6.31. The summed E-state index contributed by atoms with van der Waals surface area (Å²) in [6.45, 7) is 2.08. The van der Waals surface area contributed by atoms with E-state index in [0.29, 0.717) is 0 Å². The fourth-order valence-corrected chi connectivity index (χ4v) is 1.54. The third-order valence-corrected chi connectivity index (χ3v) is 2.12. The maximum atomic E-state index is 9.13.